The Kier molecular flexibility index (Phi) is 3.86. The normalized spacial score (nSPS) is 10.7. The summed E-state index contributed by atoms with van der Waals surface area (Å²) in [4.78, 5) is 6.05. The molecule has 0 aliphatic heterocycles. The number of aliphatic hydroxyl groups excluding tert-OH is 1. The number of nitrogens with zero attached hydrogens (tertiary/aromatic N) is 1. The summed E-state index contributed by atoms with van der Waals surface area (Å²) in [5.41, 5.74) is 1.22. The van der Waals surface area contributed by atoms with E-state index in [1.54, 1.807) is 11.8 Å². The number of halogens is 1. The lowest BCUT2D eigenvalue weighted by Gasteiger charge is -1.98. The van der Waals surface area contributed by atoms with Crippen molar-refractivity contribution in [3.05, 3.63) is 39.9 Å². The highest BCUT2D eigenvalue weighted by molar-refractivity contribution is 8.01. The Bertz CT molecular complexity index is 498. The van der Waals surface area contributed by atoms with E-state index in [1.807, 2.05) is 12.1 Å². The van der Waals surface area contributed by atoms with Gasteiger partial charge in [0.1, 0.15) is 5.15 Å². The Morgan fingerprint density at radius 1 is 1.50 bits per heavy atom. The van der Waals surface area contributed by atoms with Crippen LogP contribution in [0.2, 0.25) is 5.15 Å². The van der Waals surface area contributed by atoms with Gasteiger partial charge in [-0.2, -0.15) is 0 Å². The van der Waals surface area contributed by atoms with Gasteiger partial charge in [0.05, 0.1) is 11.5 Å². The average Bonchev–Trinajstić information content (AvgIpc) is 2.58. The molecule has 0 amide bonds. The molecule has 0 saturated heterocycles. The molecule has 0 aliphatic carbocycles. The predicted molar refractivity (Wildman–Crippen MR) is 68.3 cm³/mol. The van der Waals surface area contributed by atoms with Crippen LogP contribution < -0.4 is 0 Å². The average molecular weight is 272 g/mol. The van der Waals surface area contributed by atoms with Gasteiger partial charge in [0.2, 0.25) is 0 Å². The van der Waals surface area contributed by atoms with Crippen LogP contribution >= 0.6 is 34.7 Å². The van der Waals surface area contributed by atoms with Gasteiger partial charge < -0.3 is 5.11 Å². The Labute approximate surface area is 107 Å². The summed E-state index contributed by atoms with van der Waals surface area (Å²) in [7, 11) is 0. The summed E-state index contributed by atoms with van der Waals surface area (Å²) < 4.78 is 0.861. The fourth-order valence-corrected chi connectivity index (χ4v) is 3.62. The number of aliphatic hydroxyl groups is 1. The van der Waals surface area contributed by atoms with Gasteiger partial charge >= 0.3 is 0 Å². The van der Waals surface area contributed by atoms with Gasteiger partial charge in [0, 0.05) is 4.90 Å². The number of benzene rings is 1. The first-order valence-corrected chi connectivity index (χ1v) is 6.70. The molecule has 16 heavy (non-hydrogen) atoms. The quantitative estimate of drug-likeness (QED) is 0.923. The van der Waals surface area contributed by atoms with Crippen LogP contribution in [0.4, 0.5) is 0 Å². The second-order valence-electron chi connectivity index (χ2n) is 3.27. The highest BCUT2D eigenvalue weighted by Crippen LogP contribution is 2.34. The summed E-state index contributed by atoms with van der Waals surface area (Å²) in [6.07, 6.45) is 0. The molecule has 0 radical (unpaired) electrons. The minimum atomic E-state index is -0.0507. The molecule has 2 aromatic rings. The van der Waals surface area contributed by atoms with E-state index in [-0.39, 0.29) is 6.61 Å². The van der Waals surface area contributed by atoms with Gasteiger partial charge in [0.25, 0.3) is 0 Å². The molecule has 0 saturated carbocycles. The molecule has 0 spiro atoms. The fraction of sp³-hybridized carbons (Fsp3) is 0.182. The number of hydrogen-bond donors (Lipinski definition) is 1. The number of aromatic nitrogens is 1. The van der Waals surface area contributed by atoms with E-state index in [4.69, 9.17) is 16.7 Å². The number of aryl methyl sites for hydroxylation is 1. The van der Waals surface area contributed by atoms with Crippen LogP contribution in [0.25, 0.3) is 0 Å². The maximum absolute atomic E-state index is 9.02. The third kappa shape index (κ3) is 2.77. The van der Waals surface area contributed by atoms with E-state index >= 15 is 0 Å². The van der Waals surface area contributed by atoms with Gasteiger partial charge in [-0.1, -0.05) is 41.1 Å². The molecule has 5 heteroatoms. The van der Waals surface area contributed by atoms with Gasteiger partial charge in [-0.05, 0) is 19.1 Å². The zero-order valence-corrected chi connectivity index (χ0v) is 11.0. The van der Waals surface area contributed by atoms with Crippen molar-refractivity contribution in [1.29, 1.82) is 0 Å². The van der Waals surface area contributed by atoms with E-state index in [1.165, 1.54) is 16.9 Å². The van der Waals surface area contributed by atoms with E-state index in [0.29, 0.717) is 5.15 Å². The summed E-state index contributed by atoms with van der Waals surface area (Å²) >= 11 is 8.86. The number of thiazole rings is 1. The van der Waals surface area contributed by atoms with E-state index in [0.717, 1.165) is 14.1 Å². The maximum atomic E-state index is 9.02. The van der Waals surface area contributed by atoms with E-state index < -0.39 is 0 Å². The molecular formula is C11H10ClNOS2. The van der Waals surface area contributed by atoms with Crippen molar-refractivity contribution >= 4 is 34.7 Å². The number of rotatable bonds is 3. The number of hydrogen-bond acceptors (Lipinski definition) is 4. The van der Waals surface area contributed by atoms with Gasteiger partial charge in [-0.25, -0.2) is 4.98 Å². The first kappa shape index (κ1) is 11.9. The molecular weight excluding hydrogens is 262 g/mol. The van der Waals surface area contributed by atoms with Crippen molar-refractivity contribution in [3.63, 3.8) is 0 Å². The fourth-order valence-electron chi connectivity index (χ4n) is 1.23. The zero-order valence-electron chi connectivity index (χ0n) is 8.61. The Hall–Kier alpha value is -0.550. The Balaban J connectivity index is 2.20. The summed E-state index contributed by atoms with van der Waals surface area (Å²) in [5.74, 6) is 0. The minimum Gasteiger partial charge on any atom is -0.391 e. The third-order valence-corrected chi connectivity index (χ3v) is 4.48. The van der Waals surface area contributed by atoms with Crippen LogP contribution in [0.3, 0.4) is 0 Å². The minimum absolute atomic E-state index is 0.0507. The molecule has 1 aromatic heterocycles. The second-order valence-corrected chi connectivity index (χ2v) is 6.03. The molecule has 0 aliphatic rings. The molecule has 84 valence electrons. The first-order valence-electron chi connectivity index (χ1n) is 4.69. The first-order chi connectivity index (χ1) is 7.69. The molecule has 2 rings (SSSR count). The molecule has 1 N–H and O–H groups in total. The predicted octanol–water partition coefficient (Wildman–Crippen LogP) is 3.75. The van der Waals surface area contributed by atoms with Crippen molar-refractivity contribution in [1.82, 2.24) is 4.98 Å². The summed E-state index contributed by atoms with van der Waals surface area (Å²) in [5, 5.41) is 9.42. The zero-order chi connectivity index (χ0) is 11.5. The molecule has 2 nitrogen and oxygen atoms in total. The van der Waals surface area contributed by atoms with Crippen LogP contribution in [0.15, 0.2) is 33.5 Å². The lowest BCUT2D eigenvalue weighted by atomic mass is 10.2. The molecule has 0 fully saturated rings. The van der Waals surface area contributed by atoms with Crippen molar-refractivity contribution in [2.24, 2.45) is 0 Å². The molecule has 0 bridgehead atoms. The lowest BCUT2D eigenvalue weighted by Crippen LogP contribution is -1.75. The van der Waals surface area contributed by atoms with Crippen molar-refractivity contribution in [2.75, 3.05) is 0 Å². The monoisotopic (exact) mass is 271 g/mol. The van der Waals surface area contributed by atoms with Gasteiger partial charge in [-0.15, -0.1) is 11.3 Å². The van der Waals surface area contributed by atoms with Crippen LogP contribution in [-0.4, -0.2) is 10.1 Å². The molecule has 1 heterocycles. The van der Waals surface area contributed by atoms with E-state index in [9.17, 15) is 0 Å². The van der Waals surface area contributed by atoms with Crippen molar-refractivity contribution in [2.45, 2.75) is 22.8 Å². The molecule has 0 unspecified atom stereocenters. The topological polar surface area (TPSA) is 33.1 Å². The van der Waals surface area contributed by atoms with E-state index in [2.05, 4.69) is 24.0 Å². The maximum Gasteiger partial charge on any atom is 0.156 e. The van der Waals surface area contributed by atoms with Crippen LogP contribution in [-0.2, 0) is 6.61 Å². The Morgan fingerprint density at radius 2 is 2.31 bits per heavy atom. The SMILES string of the molecule is Cc1cccc(Sc2nc(Cl)c(CO)s2)c1. The third-order valence-electron chi connectivity index (χ3n) is 1.97. The highest BCUT2D eigenvalue weighted by Gasteiger charge is 2.09. The molecule has 1 aromatic carbocycles. The standard InChI is InChI=1S/C11H10ClNOS2/c1-7-3-2-4-8(5-7)15-11-13-10(12)9(6-14)16-11/h2-5,14H,6H2,1H3. The van der Waals surface area contributed by atoms with Gasteiger partial charge in [0.15, 0.2) is 4.34 Å². The molecule has 0 atom stereocenters. The van der Waals surface area contributed by atoms with Crippen molar-refractivity contribution < 1.29 is 5.11 Å². The van der Waals surface area contributed by atoms with Crippen LogP contribution in [0, 0.1) is 6.92 Å². The van der Waals surface area contributed by atoms with Crippen LogP contribution in [0.1, 0.15) is 10.4 Å². The van der Waals surface area contributed by atoms with Crippen molar-refractivity contribution in [3.8, 4) is 0 Å². The van der Waals surface area contributed by atoms with Crippen LogP contribution in [0.5, 0.6) is 0 Å². The second kappa shape index (κ2) is 5.19. The Morgan fingerprint density at radius 3 is 2.94 bits per heavy atom. The lowest BCUT2D eigenvalue weighted by molar-refractivity contribution is 0.285. The van der Waals surface area contributed by atoms with Gasteiger partial charge in [-0.3, -0.25) is 0 Å². The summed E-state index contributed by atoms with van der Waals surface area (Å²) in [6, 6.07) is 8.20. The highest BCUT2D eigenvalue weighted by atomic mass is 35.5. The summed E-state index contributed by atoms with van der Waals surface area (Å²) in [6.45, 7) is 2.00. The largest absolute Gasteiger partial charge is 0.391 e. The smallest absolute Gasteiger partial charge is 0.156 e.